The number of fused-ring (bicyclic) bond motifs is 1. The Morgan fingerprint density at radius 2 is 1.89 bits per heavy atom. The zero-order valence-electron chi connectivity index (χ0n) is 9.92. The molecule has 3 aromatic rings. The van der Waals surface area contributed by atoms with Crippen molar-refractivity contribution in [1.82, 2.24) is 19.9 Å². The van der Waals surface area contributed by atoms with Crippen LogP contribution < -0.4 is 5.32 Å². The molecule has 94 valence electrons. The van der Waals surface area contributed by atoms with Gasteiger partial charge in [0.15, 0.2) is 0 Å². The van der Waals surface area contributed by atoms with Gasteiger partial charge in [-0.15, -0.1) is 0 Å². The number of nitrogens with zero attached hydrogens (tertiary/aromatic N) is 4. The maximum Gasteiger partial charge on any atom is 0.147 e. The highest BCUT2D eigenvalue weighted by Gasteiger charge is 2.05. The predicted molar refractivity (Wildman–Crippen MR) is 68.9 cm³/mol. The minimum Gasteiger partial charge on any atom is -0.362 e. The molecule has 19 heavy (non-hydrogen) atoms. The number of hydrogen-bond acceptors (Lipinski definition) is 5. The Bertz CT molecular complexity index is 702. The van der Waals surface area contributed by atoms with Crippen LogP contribution in [0.2, 0.25) is 0 Å². The summed E-state index contributed by atoms with van der Waals surface area (Å²) in [6, 6.07) is 6.15. The van der Waals surface area contributed by atoms with Gasteiger partial charge in [-0.2, -0.15) is 0 Å². The zero-order valence-corrected chi connectivity index (χ0v) is 9.92. The molecule has 0 bridgehead atoms. The molecule has 3 rings (SSSR count). The van der Waals surface area contributed by atoms with Gasteiger partial charge >= 0.3 is 0 Å². The van der Waals surface area contributed by atoms with E-state index in [1.54, 1.807) is 24.5 Å². The van der Waals surface area contributed by atoms with E-state index in [-0.39, 0.29) is 5.82 Å². The van der Waals surface area contributed by atoms with Gasteiger partial charge in [0, 0.05) is 17.8 Å². The number of hydrogen-bond donors (Lipinski definition) is 1. The average Bonchev–Trinajstić information content (AvgIpc) is 2.46. The van der Waals surface area contributed by atoms with Crippen molar-refractivity contribution in [3.63, 3.8) is 0 Å². The normalized spacial score (nSPS) is 10.6. The maximum atomic E-state index is 13.3. The molecule has 5 nitrogen and oxygen atoms in total. The van der Waals surface area contributed by atoms with E-state index in [2.05, 4.69) is 25.3 Å². The Balaban J connectivity index is 1.90. The van der Waals surface area contributed by atoms with Gasteiger partial charge in [0.05, 0.1) is 12.1 Å². The molecule has 0 fully saturated rings. The van der Waals surface area contributed by atoms with E-state index in [1.165, 1.54) is 18.5 Å². The van der Waals surface area contributed by atoms with Gasteiger partial charge in [-0.25, -0.2) is 24.3 Å². The fraction of sp³-hybridized carbons (Fsp3) is 0.0769. The van der Waals surface area contributed by atoms with Gasteiger partial charge in [0.1, 0.15) is 23.8 Å². The summed E-state index contributed by atoms with van der Waals surface area (Å²) in [5, 5.41) is 3.73. The van der Waals surface area contributed by atoms with E-state index in [1.807, 2.05) is 0 Å². The van der Waals surface area contributed by atoms with Gasteiger partial charge in [-0.1, -0.05) is 0 Å². The Morgan fingerprint density at radius 1 is 1.05 bits per heavy atom. The highest BCUT2D eigenvalue weighted by Crippen LogP contribution is 2.20. The first-order valence-electron chi connectivity index (χ1n) is 5.73. The first-order chi connectivity index (χ1) is 9.33. The molecule has 0 saturated heterocycles. The Labute approximate surface area is 108 Å². The first-order valence-corrected chi connectivity index (χ1v) is 5.73. The second-order valence-corrected chi connectivity index (χ2v) is 3.90. The fourth-order valence-electron chi connectivity index (χ4n) is 1.75. The first kappa shape index (κ1) is 11.5. The lowest BCUT2D eigenvalue weighted by atomic mass is 10.2. The lowest BCUT2D eigenvalue weighted by Gasteiger charge is -2.07. The number of rotatable bonds is 3. The number of halogens is 1. The quantitative estimate of drug-likeness (QED) is 0.777. The second-order valence-electron chi connectivity index (χ2n) is 3.90. The van der Waals surface area contributed by atoms with Crippen molar-refractivity contribution in [2.24, 2.45) is 0 Å². The van der Waals surface area contributed by atoms with Crippen LogP contribution >= 0.6 is 0 Å². The molecule has 0 amide bonds. The van der Waals surface area contributed by atoms with E-state index in [0.717, 1.165) is 0 Å². The van der Waals surface area contributed by atoms with Crippen molar-refractivity contribution in [3.8, 4) is 0 Å². The van der Waals surface area contributed by atoms with Crippen LogP contribution in [0.1, 0.15) is 5.82 Å². The number of anilines is 1. The van der Waals surface area contributed by atoms with E-state index in [9.17, 15) is 4.39 Å². The van der Waals surface area contributed by atoms with E-state index in [4.69, 9.17) is 0 Å². The third-order valence-electron chi connectivity index (χ3n) is 2.63. The molecule has 0 spiro atoms. The van der Waals surface area contributed by atoms with Crippen molar-refractivity contribution < 1.29 is 4.39 Å². The van der Waals surface area contributed by atoms with Crippen LogP contribution in [0, 0.1) is 5.82 Å². The number of benzene rings is 1. The standard InChI is InChI=1S/C13H10FN5/c14-9-2-3-11-10(6-9)13(19-8-18-11)17-7-12-15-4-1-5-16-12/h1-6,8H,7H2,(H,17,18,19). The minimum atomic E-state index is -0.318. The largest absolute Gasteiger partial charge is 0.362 e. The van der Waals surface area contributed by atoms with Crippen molar-refractivity contribution in [1.29, 1.82) is 0 Å². The number of nitrogens with one attached hydrogen (secondary N) is 1. The van der Waals surface area contributed by atoms with Crippen molar-refractivity contribution in [3.05, 3.63) is 54.6 Å². The maximum absolute atomic E-state index is 13.3. The summed E-state index contributed by atoms with van der Waals surface area (Å²) in [7, 11) is 0. The van der Waals surface area contributed by atoms with Gasteiger partial charge in [-0.05, 0) is 24.3 Å². The second kappa shape index (κ2) is 4.93. The third-order valence-corrected chi connectivity index (χ3v) is 2.63. The van der Waals surface area contributed by atoms with Crippen molar-refractivity contribution >= 4 is 16.7 Å². The highest BCUT2D eigenvalue weighted by molar-refractivity contribution is 5.88. The molecule has 6 heteroatoms. The lowest BCUT2D eigenvalue weighted by Crippen LogP contribution is -2.05. The fourth-order valence-corrected chi connectivity index (χ4v) is 1.75. The van der Waals surface area contributed by atoms with E-state index < -0.39 is 0 Å². The lowest BCUT2D eigenvalue weighted by molar-refractivity contribution is 0.629. The summed E-state index contributed by atoms with van der Waals surface area (Å²) in [4.78, 5) is 16.4. The molecule has 0 radical (unpaired) electrons. The average molecular weight is 255 g/mol. The molecule has 0 saturated carbocycles. The molecule has 2 aromatic heterocycles. The Morgan fingerprint density at radius 3 is 2.74 bits per heavy atom. The van der Waals surface area contributed by atoms with Crippen LogP contribution in [-0.4, -0.2) is 19.9 Å². The van der Waals surface area contributed by atoms with Crippen LogP contribution in [0.5, 0.6) is 0 Å². The molecular weight excluding hydrogens is 245 g/mol. The van der Waals surface area contributed by atoms with Gasteiger partial charge < -0.3 is 5.32 Å². The molecule has 1 aromatic carbocycles. The Kier molecular flexibility index (Phi) is 2.97. The predicted octanol–water partition coefficient (Wildman–Crippen LogP) is 2.17. The number of aromatic nitrogens is 4. The molecule has 1 N–H and O–H groups in total. The Hall–Kier alpha value is -2.63. The summed E-state index contributed by atoms with van der Waals surface area (Å²) >= 11 is 0. The SMILES string of the molecule is Fc1ccc2ncnc(NCc3ncccn3)c2c1. The van der Waals surface area contributed by atoms with Crippen LogP contribution in [0.15, 0.2) is 43.0 Å². The van der Waals surface area contributed by atoms with Crippen molar-refractivity contribution in [2.75, 3.05) is 5.32 Å². The highest BCUT2D eigenvalue weighted by atomic mass is 19.1. The van der Waals surface area contributed by atoms with E-state index in [0.29, 0.717) is 29.1 Å². The summed E-state index contributed by atoms with van der Waals surface area (Å²) in [5.74, 6) is 0.893. The summed E-state index contributed by atoms with van der Waals surface area (Å²) in [6.07, 6.45) is 4.78. The van der Waals surface area contributed by atoms with Gasteiger partial charge in [-0.3, -0.25) is 0 Å². The van der Waals surface area contributed by atoms with E-state index >= 15 is 0 Å². The molecular formula is C13H10FN5. The van der Waals surface area contributed by atoms with Crippen LogP contribution in [0.3, 0.4) is 0 Å². The third kappa shape index (κ3) is 2.47. The molecule has 0 aliphatic rings. The minimum absolute atomic E-state index is 0.318. The topological polar surface area (TPSA) is 63.6 Å². The smallest absolute Gasteiger partial charge is 0.147 e. The molecule has 0 aliphatic heterocycles. The van der Waals surface area contributed by atoms with Gasteiger partial charge in [0.2, 0.25) is 0 Å². The zero-order chi connectivity index (χ0) is 13.1. The van der Waals surface area contributed by atoms with Crippen LogP contribution in [0.4, 0.5) is 10.2 Å². The summed E-state index contributed by atoms with van der Waals surface area (Å²) in [6.45, 7) is 0.420. The van der Waals surface area contributed by atoms with Gasteiger partial charge in [0.25, 0.3) is 0 Å². The molecule has 0 aliphatic carbocycles. The van der Waals surface area contributed by atoms with Crippen LogP contribution in [-0.2, 0) is 6.54 Å². The molecule has 2 heterocycles. The van der Waals surface area contributed by atoms with Crippen molar-refractivity contribution in [2.45, 2.75) is 6.54 Å². The summed E-state index contributed by atoms with van der Waals surface area (Å²) < 4.78 is 13.3. The van der Waals surface area contributed by atoms with Crippen LogP contribution in [0.25, 0.3) is 10.9 Å². The monoisotopic (exact) mass is 255 g/mol. The molecule has 0 unspecified atom stereocenters. The summed E-state index contributed by atoms with van der Waals surface area (Å²) in [5.41, 5.74) is 0.688. The molecule has 0 atom stereocenters.